The molecule has 1 saturated heterocycles. The average Bonchev–Trinajstić information content (AvgIpc) is 3.27. The Kier molecular flexibility index (Phi) is 6.00. The molecule has 3 rings (SSSR count). The first-order valence-electron chi connectivity index (χ1n) is 9.79. The number of piperazine rings is 1. The summed E-state index contributed by atoms with van der Waals surface area (Å²) in [5.41, 5.74) is 0. The topological polar surface area (TPSA) is 52.5 Å². The standard InChI is InChI=1S/C17H32N6/c1-3-5-10-16(22-13-11-21(4-2)12-14-22)17-18-19-20-23(17)15-8-6-7-9-15/h15-16H,3-14H2,1-2H3/p+2/t16-/m0/s1. The SMILES string of the molecule is CCCC[C@@H](c1nnnn1C1CCCC1)[NH+]1CC[NH+](CC)CC1. The predicted molar refractivity (Wildman–Crippen MR) is 89.5 cm³/mol. The van der Waals surface area contributed by atoms with Crippen molar-refractivity contribution in [2.75, 3.05) is 32.7 Å². The lowest BCUT2D eigenvalue weighted by Crippen LogP contribution is -3.28. The fourth-order valence-corrected chi connectivity index (χ4v) is 4.39. The van der Waals surface area contributed by atoms with Crippen LogP contribution in [0.25, 0.3) is 0 Å². The van der Waals surface area contributed by atoms with Crippen molar-refractivity contribution in [1.29, 1.82) is 0 Å². The number of tetrazole rings is 1. The zero-order valence-electron chi connectivity index (χ0n) is 14.9. The number of nitrogens with zero attached hydrogens (tertiary/aromatic N) is 4. The van der Waals surface area contributed by atoms with Gasteiger partial charge in [-0.3, -0.25) is 0 Å². The number of rotatable bonds is 7. The second kappa shape index (κ2) is 8.20. The van der Waals surface area contributed by atoms with E-state index in [2.05, 4.69) is 34.1 Å². The van der Waals surface area contributed by atoms with E-state index in [0.717, 1.165) is 0 Å². The van der Waals surface area contributed by atoms with Gasteiger partial charge in [0, 0.05) is 6.42 Å². The molecule has 0 unspecified atom stereocenters. The maximum atomic E-state index is 4.50. The maximum absolute atomic E-state index is 4.50. The van der Waals surface area contributed by atoms with Gasteiger partial charge in [-0.05, 0) is 36.6 Å². The molecule has 6 nitrogen and oxygen atoms in total. The summed E-state index contributed by atoms with van der Waals surface area (Å²) in [6.07, 6.45) is 8.91. The maximum Gasteiger partial charge on any atom is 0.209 e. The van der Waals surface area contributed by atoms with Gasteiger partial charge in [-0.1, -0.05) is 26.2 Å². The lowest BCUT2D eigenvalue weighted by molar-refractivity contribution is -1.03. The number of quaternary nitrogens is 2. The highest BCUT2D eigenvalue weighted by Crippen LogP contribution is 2.30. The van der Waals surface area contributed by atoms with Gasteiger partial charge in [-0.15, -0.1) is 5.10 Å². The van der Waals surface area contributed by atoms with E-state index in [9.17, 15) is 0 Å². The Labute approximate surface area is 140 Å². The Balaban J connectivity index is 1.75. The van der Waals surface area contributed by atoms with Gasteiger partial charge in [0.05, 0.1) is 12.6 Å². The summed E-state index contributed by atoms with van der Waals surface area (Å²) < 4.78 is 2.19. The molecule has 0 aromatic carbocycles. The van der Waals surface area contributed by atoms with Crippen LogP contribution in [-0.2, 0) is 0 Å². The van der Waals surface area contributed by atoms with E-state index in [1.54, 1.807) is 9.80 Å². The van der Waals surface area contributed by atoms with Gasteiger partial charge in [-0.2, -0.15) is 0 Å². The first kappa shape index (κ1) is 16.8. The molecule has 1 saturated carbocycles. The van der Waals surface area contributed by atoms with Crippen LogP contribution >= 0.6 is 0 Å². The van der Waals surface area contributed by atoms with E-state index in [-0.39, 0.29) is 0 Å². The molecule has 1 aliphatic carbocycles. The van der Waals surface area contributed by atoms with Crippen molar-refractivity contribution in [2.24, 2.45) is 0 Å². The molecule has 0 spiro atoms. The Morgan fingerprint density at radius 3 is 2.52 bits per heavy atom. The first-order valence-corrected chi connectivity index (χ1v) is 9.79. The van der Waals surface area contributed by atoms with Crippen LogP contribution in [0.4, 0.5) is 0 Å². The zero-order valence-corrected chi connectivity index (χ0v) is 14.9. The second-order valence-corrected chi connectivity index (χ2v) is 7.38. The molecule has 0 bridgehead atoms. The predicted octanol–water partition coefficient (Wildman–Crippen LogP) is -0.177. The molecule has 0 radical (unpaired) electrons. The van der Waals surface area contributed by atoms with Crippen LogP contribution in [0, 0.1) is 0 Å². The molecule has 1 aliphatic heterocycles. The summed E-state index contributed by atoms with van der Waals surface area (Å²) in [7, 11) is 0. The van der Waals surface area contributed by atoms with Crippen LogP contribution in [0.5, 0.6) is 0 Å². The third-order valence-corrected chi connectivity index (χ3v) is 5.94. The molecule has 2 heterocycles. The van der Waals surface area contributed by atoms with Gasteiger partial charge < -0.3 is 9.80 Å². The minimum absolute atomic E-state index is 0.490. The van der Waals surface area contributed by atoms with Crippen molar-refractivity contribution in [2.45, 2.75) is 70.9 Å². The highest BCUT2D eigenvalue weighted by Gasteiger charge is 2.35. The van der Waals surface area contributed by atoms with Gasteiger partial charge in [-0.25, -0.2) is 4.68 Å². The molecule has 1 aromatic heterocycles. The zero-order chi connectivity index (χ0) is 16.1. The van der Waals surface area contributed by atoms with E-state index in [0.29, 0.717) is 12.1 Å². The molecule has 2 fully saturated rings. The molecule has 6 heteroatoms. The van der Waals surface area contributed by atoms with Crippen molar-refractivity contribution >= 4 is 0 Å². The van der Waals surface area contributed by atoms with E-state index >= 15 is 0 Å². The highest BCUT2D eigenvalue weighted by atomic mass is 15.6. The summed E-state index contributed by atoms with van der Waals surface area (Å²) in [4.78, 5) is 3.46. The summed E-state index contributed by atoms with van der Waals surface area (Å²) in [6, 6.07) is 1.04. The molecular formula is C17H34N6+2. The third-order valence-electron chi connectivity index (χ3n) is 5.94. The largest absolute Gasteiger partial charge is 0.326 e. The molecule has 0 amide bonds. The van der Waals surface area contributed by atoms with Crippen molar-refractivity contribution in [1.82, 2.24) is 20.2 Å². The molecule has 130 valence electrons. The van der Waals surface area contributed by atoms with Gasteiger partial charge in [0.25, 0.3) is 0 Å². The second-order valence-electron chi connectivity index (χ2n) is 7.38. The monoisotopic (exact) mass is 322 g/mol. The Morgan fingerprint density at radius 1 is 1.13 bits per heavy atom. The minimum atomic E-state index is 0.490. The van der Waals surface area contributed by atoms with E-state index in [4.69, 9.17) is 0 Å². The van der Waals surface area contributed by atoms with Crippen LogP contribution in [0.15, 0.2) is 0 Å². The van der Waals surface area contributed by atoms with Crippen LogP contribution in [-0.4, -0.2) is 52.9 Å². The molecule has 1 atom stereocenters. The lowest BCUT2D eigenvalue weighted by Gasteiger charge is -2.34. The fraction of sp³-hybridized carbons (Fsp3) is 0.941. The van der Waals surface area contributed by atoms with Crippen LogP contribution in [0.2, 0.25) is 0 Å². The molecule has 2 N–H and O–H groups in total. The van der Waals surface area contributed by atoms with Crippen molar-refractivity contribution < 1.29 is 9.80 Å². The number of hydrogen-bond donors (Lipinski definition) is 2. The van der Waals surface area contributed by atoms with Crippen LogP contribution in [0.1, 0.15) is 76.7 Å². The van der Waals surface area contributed by atoms with Gasteiger partial charge in [0.2, 0.25) is 5.82 Å². The fourth-order valence-electron chi connectivity index (χ4n) is 4.39. The number of aromatic nitrogens is 4. The lowest BCUT2D eigenvalue weighted by atomic mass is 10.1. The third kappa shape index (κ3) is 3.91. The Bertz CT molecular complexity index is 459. The number of nitrogens with one attached hydrogen (secondary N) is 2. The summed E-state index contributed by atoms with van der Waals surface area (Å²) in [5, 5.41) is 13.0. The molecular weight excluding hydrogens is 288 g/mol. The van der Waals surface area contributed by atoms with Gasteiger partial charge in [0.15, 0.2) is 0 Å². The first-order chi connectivity index (χ1) is 11.3. The average molecular weight is 323 g/mol. The van der Waals surface area contributed by atoms with Crippen molar-refractivity contribution in [3.63, 3.8) is 0 Å². The van der Waals surface area contributed by atoms with E-state index < -0.39 is 0 Å². The molecule has 1 aromatic rings. The Morgan fingerprint density at radius 2 is 1.87 bits per heavy atom. The van der Waals surface area contributed by atoms with Gasteiger partial charge >= 0.3 is 0 Å². The van der Waals surface area contributed by atoms with Crippen LogP contribution in [0.3, 0.4) is 0 Å². The van der Waals surface area contributed by atoms with E-state index in [1.807, 2.05) is 0 Å². The van der Waals surface area contributed by atoms with Gasteiger partial charge in [0.1, 0.15) is 32.2 Å². The summed E-state index contributed by atoms with van der Waals surface area (Å²) in [5.74, 6) is 1.17. The molecule has 23 heavy (non-hydrogen) atoms. The molecule has 2 aliphatic rings. The normalized spacial score (nSPS) is 27.4. The van der Waals surface area contributed by atoms with E-state index in [1.165, 1.54) is 83.5 Å². The van der Waals surface area contributed by atoms with Crippen LogP contribution < -0.4 is 9.80 Å². The summed E-state index contributed by atoms with van der Waals surface area (Å²) >= 11 is 0. The number of hydrogen-bond acceptors (Lipinski definition) is 3. The number of likely N-dealkylation sites (N-methyl/N-ethyl adjacent to an activating group) is 1. The Hall–Kier alpha value is -1.01. The summed E-state index contributed by atoms with van der Waals surface area (Å²) in [6.45, 7) is 10.9. The quantitative estimate of drug-likeness (QED) is 0.732. The highest BCUT2D eigenvalue weighted by molar-refractivity contribution is 4.91. The number of unbranched alkanes of at least 4 members (excludes halogenated alkanes) is 1. The smallest absolute Gasteiger partial charge is 0.209 e. The van der Waals surface area contributed by atoms with Crippen molar-refractivity contribution in [3.05, 3.63) is 5.82 Å². The minimum Gasteiger partial charge on any atom is -0.326 e. The van der Waals surface area contributed by atoms with Crippen molar-refractivity contribution in [3.8, 4) is 0 Å².